The molecule has 188 valence electrons. The molecule has 0 aliphatic carbocycles. The summed E-state index contributed by atoms with van der Waals surface area (Å²) in [4.78, 5) is 31.2. The third-order valence-electron chi connectivity index (χ3n) is 6.41. The first-order valence-corrected chi connectivity index (χ1v) is 13.1. The number of likely N-dealkylation sites (tertiary alicyclic amines) is 1. The molecule has 0 spiro atoms. The first kappa shape index (κ1) is 25.6. The van der Waals surface area contributed by atoms with Gasteiger partial charge in [-0.2, -0.15) is 0 Å². The lowest BCUT2D eigenvalue weighted by molar-refractivity contribution is -0.145. The van der Waals surface area contributed by atoms with Gasteiger partial charge in [-0.05, 0) is 43.0 Å². The van der Waals surface area contributed by atoms with Crippen LogP contribution >= 0.6 is 11.6 Å². The number of benzene rings is 2. The number of hydrogen-bond donors (Lipinski definition) is 3. The minimum atomic E-state index is -4.25. The van der Waals surface area contributed by atoms with E-state index in [0.29, 0.717) is 11.3 Å². The van der Waals surface area contributed by atoms with Crippen molar-refractivity contribution in [3.63, 3.8) is 0 Å². The topological polar surface area (TPSA) is 143 Å². The molecule has 0 radical (unpaired) electrons. The molecule has 1 amide bonds. The SMILES string of the molecule is Cc1cccc(Nc2c(C(=O)N3CCC(C(=O)O)(c4ccccc4)CC3)cnc(S(N)(=O)=O)c2Cl)c1. The normalized spacial score (nSPS) is 15.4. The molecule has 1 saturated heterocycles. The number of hydrogen-bond acceptors (Lipinski definition) is 6. The van der Waals surface area contributed by atoms with Crippen LogP contribution in [0.15, 0.2) is 65.8 Å². The van der Waals surface area contributed by atoms with Gasteiger partial charge in [0.2, 0.25) is 0 Å². The number of anilines is 2. The molecule has 4 rings (SSSR count). The lowest BCUT2D eigenvalue weighted by Gasteiger charge is -2.39. The van der Waals surface area contributed by atoms with Crippen molar-refractivity contribution in [2.24, 2.45) is 5.14 Å². The zero-order valence-corrected chi connectivity index (χ0v) is 21.0. The van der Waals surface area contributed by atoms with Crippen molar-refractivity contribution in [2.75, 3.05) is 18.4 Å². The van der Waals surface area contributed by atoms with Crippen LogP contribution < -0.4 is 10.5 Å². The maximum atomic E-state index is 13.6. The molecule has 0 saturated carbocycles. The molecule has 4 N–H and O–H groups in total. The zero-order valence-electron chi connectivity index (χ0n) is 19.4. The van der Waals surface area contributed by atoms with E-state index in [-0.39, 0.29) is 42.2 Å². The number of nitrogens with two attached hydrogens (primary N) is 1. The number of primary sulfonamides is 1. The minimum absolute atomic E-state index is 0.0523. The van der Waals surface area contributed by atoms with E-state index in [1.54, 1.807) is 36.4 Å². The second-order valence-corrected chi connectivity index (χ2v) is 10.6. The summed E-state index contributed by atoms with van der Waals surface area (Å²) >= 11 is 6.41. The van der Waals surface area contributed by atoms with Gasteiger partial charge in [0.15, 0.2) is 5.03 Å². The predicted octanol–water partition coefficient (Wildman–Crippen LogP) is 3.69. The van der Waals surface area contributed by atoms with Gasteiger partial charge in [0.25, 0.3) is 15.9 Å². The second-order valence-electron chi connectivity index (χ2n) is 8.75. The number of aliphatic carboxylic acids is 1. The van der Waals surface area contributed by atoms with Gasteiger partial charge in [0, 0.05) is 25.0 Å². The molecule has 3 aromatic rings. The van der Waals surface area contributed by atoms with Crippen molar-refractivity contribution in [1.29, 1.82) is 0 Å². The van der Waals surface area contributed by atoms with Crippen molar-refractivity contribution >= 4 is 44.9 Å². The number of carbonyl (C=O) groups excluding carboxylic acids is 1. The van der Waals surface area contributed by atoms with E-state index in [1.807, 2.05) is 25.1 Å². The van der Waals surface area contributed by atoms with E-state index in [4.69, 9.17) is 16.7 Å². The van der Waals surface area contributed by atoms with Crippen molar-refractivity contribution in [2.45, 2.75) is 30.2 Å². The van der Waals surface area contributed by atoms with Gasteiger partial charge in [-0.25, -0.2) is 18.5 Å². The van der Waals surface area contributed by atoms with Crippen LogP contribution in [0.3, 0.4) is 0 Å². The second kappa shape index (κ2) is 9.88. The molecule has 1 fully saturated rings. The summed E-state index contributed by atoms with van der Waals surface area (Å²) < 4.78 is 24.0. The van der Waals surface area contributed by atoms with Crippen LogP contribution in [0.25, 0.3) is 0 Å². The highest BCUT2D eigenvalue weighted by molar-refractivity contribution is 7.89. The van der Waals surface area contributed by atoms with Crippen LogP contribution in [0.2, 0.25) is 5.02 Å². The van der Waals surface area contributed by atoms with Crippen molar-refractivity contribution in [1.82, 2.24) is 9.88 Å². The molecule has 36 heavy (non-hydrogen) atoms. The minimum Gasteiger partial charge on any atom is -0.481 e. The molecule has 9 nitrogen and oxygen atoms in total. The molecule has 1 aromatic heterocycles. The molecule has 11 heteroatoms. The number of carbonyl (C=O) groups is 2. The van der Waals surface area contributed by atoms with Gasteiger partial charge >= 0.3 is 5.97 Å². The maximum Gasteiger partial charge on any atom is 0.314 e. The number of aryl methyl sites for hydroxylation is 1. The summed E-state index contributed by atoms with van der Waals surface area (Å²) in [5.74, 6) is -1.39. The summed E-state index contributed by atoms with van der Waals surface area (Å²) in [6.07, 6.45) is 1.56. The third-order valence-corrected chi connectivity index (χ3v) is 7.74. The number of nitrogens with one attached hydrogen (secondary N) is 1. The Bertz CT molecular complexity index is 1420. The summed E-state index contributed by atoms with van der Waals surface area (Å²) in [5.41, 5.74) is 1.22. The molecule has 0 bridgehead atoms. The van der Waals surface area contributed by atoms with E-state index in [9.17, 15) is 23.1 Å². The Labute approximate surface area is 214 Å². The fourth-order valence-corrected chi connectivity index (χ4v) is 5.54. The Kier molecular flexibility index (Phi) is 7.03. The number of pyridine rings is 1. The van der Waals surface area contributed by atoms with Gasteiger partial charge in [-0.15, -0.1) is 0 Å². The molecule has 0 atom stereocenters. The Morgan fingerprint density at radius 3 is 2.36 bits per heavy atom. The highest BCUT2D eigenvalue weighted by Crippen LogP contribution is 2.38. The Balaban J connectivity index is 1.68. The summed E-state index contributed by atoms with van der Waals surface area (Å²) in [6, 6.07) is 16.2. The number of sulfonamides is 1. The fraction of sp³-hybridized carbons (Fsp3) is 0.240. The van der Waals surface area contributed by atoms with Crippen LogP contribution in [0.4, 0.5) is 11.4 Å². The molecular weight excluding hydrogens is 504 g/mol. The summed E-state index contributed by atoms with van der Waals surface area (Å²) in [6.45, 7) is 2.24. The molecule has 2 heterocycles. The quantitative estimate of drug-likeness (QED) is 0.442. The third kappa shape index (κ3) is 4.92. The molecule has 0 unspecified atom stereocenters. The van der Waals surface area contributed by atoms with Crippen LogP contribution in [-0.4, -0.2) is 48.4 Å². The summed E-state index contributed by atoms with van der Waals surface area (Å²) in [5, 5.41) is 17.5. The highest BCUT2D eigenvalue weighted by atomic mass is 35.5. The van der Waals surface area contributed by atoms with Gasteiger partial charge in [-0.1, -0.05) is 54.1 Å². The average Bonchev–Trinajstić information content (AvgIpc) is 2.84. The van der Waals surface area contributed by atoms with Gasteiger partial charge in [-0.3, -0.25) is 9.59 Å². The van der Waals surface area contributed by atoms with Gasteiger partial charge in [0.1, 0.15) is 5.02 Å². The van der Waals surface area contributed by atoms with E-state index >= 15 is 0 Å². The number of piperidine rings is 1. The monoisotopic (exact) mass is 528 g/mol. The van der Waals surface area contributed by atoms with Crippen LogP contribution in [-0.2, 0) is 20.2 Å². The predicted molar refractivity (Wildman–Crippen MR) is 136 cm³/mol. The van der Waals surface area contributed by atoms with Gasteiger partial charge < -0.3 is 15.3 Å². The molecule has 1 aliphatic heterocycles. The fourth-order valence-electron chi connectivity index (χ4n) is 4.46. The number of carboxylic acids is 1. The first-order valence-electron chi connectivity index (χ1n) is 11.2. The maximum absolute atomic E-state index is 13.6. The molecular formula is C25H25ClN4O5S. The number of rotatable bonds is 6. The van der Waals surface area contributed by atoms with E-state index in [0.717, 1.165) is 11.8 Å². The van der Waals surface area contributed by atoms with Crippen LogP contribution in [0.5, 0.6) is 0 Å². The Morgan fingerprint density at radius 1 is 1.11 bits per heavy atom. The van der Waals surface area contributed by atoms with Crippen molar-refractivity contribution in [3.8, 4) is 0 Å². The van der Waals surface area contributed by atoms with Crippen molar-refractivity contribution in [3.05, 3.63) is 82.5 Å². The number of carboxylic acid groups (broad SMARTS) is 1. The number of nitrogens with zero attached hydrogens (tertiary/aromatic N) is 2. The number of amides is 1. The standard InChI is InChI=1S/C25H25ClN4O5S/c1-16-6-5-9-18(14-16)29-21-19(15-28-22(20(21)26)36(27,34)35)23(31)30-12-10-25(11-13-30,24(32)33)17-7-3-2-4-8-17/h2-9,14-15H,10-13H2,1H3,(H,28,29)(H,32,33)(H2,27,34,35). The smallest absolute Gasteiger partial charge is 0.314 e. The molecule has 1 aliphatic rings. The Hall–Kier alpha value is -3.47. The van der Waals surface area contributed by atoms with Crippen LogP contribution in [0, 0.1) is 6.92 Å². The van der Waals surface area contributed by atoms with Gasteiger partial charge in [0.05, 0.1) is 16.7 Å². The van der Waals surface area contributed by atoms with E-state index in [2.05, 4.69) is 10.3 Å². The number of aromatic nitrogens is 1. The lowest BCUT2D eigenvalue weighted by atomic mass is 9.72. The van der Waals surface area contributed by atoms with E-state index < -0.39 is 32.3 Å². The summed E-state index contributed by atoms with van der Waals surface area (Å²) in [7, 11) is -4.25. The first-order chi connectivity index (χ1) is 17.0. The lowest BCUT2D eigenvalue weighted by Crippen LogP contribution is -2.49. The zero-order chi connectivity index (χ0) is 26.1. The largest absolute Gasteiger partial charge is 0.481 e. The van der Waals surface area contributed by atoms with E-state index in [1.165, 1.54) is 4.90 Å². The van der Waals surface area contributed by atoms with Crippen molar-refractivity contribution < 1.29 is 23.1 Å². The highest BCUT2D eigenvalue weighted by Gasteiger charge is 2.44. The average molecular weight is 529 g/mol. The number of halogens is 1. The Morgan fingerprint density at radius 2 is 1.78 bits per heavy atom. The molecule has 2 aromatic carbocycles. The van der Waals surface area contributed by atoms with Crippen LogP contribution in [0.1, 0.15) is 34.3 Å².